The molecule has 3 heteroatoms. The molecule has 128 valence electrons. The number of para-hydroxylation sites is 1. The van der Waals surface area contributed by atoms with E-state index in [1.54, 1.807) is 6.07 Å². The fourth-order valence-electron chi connectivity index (χ4n) is 2.45. The van der Waals surface area contributed by atoms with Crippen molar-refractivity contribution in [3.63, 3.8) is 0 Å². The van der Waals surface area contributed by atoms with Crippen molar-refractivity contribution in [1.29, 1.82) is 0 Å². The third-order valence-electron chi connectivity index (χ3n) is 3.89. The van der Waals surface area contributed by atoms with Gasteiger partial charge < -0.3 is 10.1 Å². The summed E-state index contributed by atoms with van der Waals surface area (Å²) in [4.78, 5) is 12.6. The molecule has 2 rings (SSSR count). The molecule has 0 bridgehead atoms. The van der Waals surface area contributed by atoms with Gasteiger partial charge in [-0.15, -0.1) is 0 Å². The third-order valence-corrected chi connectivity index (χ3v) is 3.89. The summed E-state index contributed by atoms with van der Waals surface area (Å²) in [7, 11) is 0. The first-order valence-corrected chi connectivity index (χ1v) is 8.60. The van der Waals surface area contributed by atoms with Gasteiger partial charge in [-0.25, -0.2) is 0 Å². The molecule has 0 aliphatic heterocycles. The summed E-state index contributed by atoms with van der Waals surface area (Å²) in [5, 5.41) is 3.02. The van der Waals surface area contributed by atoms with Crippen LogP contribution >= 0.6 is 0 Å². The Morgan fingerprint density at radius 1 is 1.04 bits per heavy atom. The molecule has 24 heavy (non-hydrogen) atoms. The summed E-state index contributed by atoms with van der Waals surface area (Å²) < 4.78 is 5.74. The molecule has 1 amide bonds. The largest absolute Gasteiger partial charge is 0.494 e. The van der Waals surface area contributed by atoms with E-state index in [4.69, 9.17) is 4.74 Å². The van der Waals surface area contributed by atoms with Crippen LogP contribution in [0.2, 0.25) is 0 Å². The number of hydrogen-bond donors (Lipinski definition) is 1. The SMILES string of the molecule is CC(C)CCOc1cccc(C(=O)Nc2ccccc2C(C)C)c1. The van der Waals surface area contributed by atoms with Crippen LogP contribution in [0.3, 0.4) is 0 Å². The van der Waals surface area contributed by atoms with Crippen molar-refractivity contribution < 1.29 is 9.53 Å². The minimum atomic E-state index is -0.114. The molecule has 0 aromatic heterocycles. The van der Waals surface area contributed by atoms with Crippen molar-refractivity contribution in [1.82, 2.24) is 0 Å². The van der Waals surface area contributed by atoms with Crippen LogP contribution in [0.15, 0.2) is 48.5 Å². The molecule has 0 spiro atoms. The first kappa shape index (κ1) is 18.1. The van der Waals surface area contributed by atoms with Crippen LogP contribution < -0.4 is 10.1 Å². The highest BCUT2D eigenvalue weighted by Gasteiger charge is 2.11. The molecule has 0 atom stereocenters. The van der Waals surface area contributed by atoms with E-state index >= 15 is 0 Å². The molecule has 0 aliphatic rings. The van der Waals surface area contributed by atoms with E-state index in [0.717, 1.165) is 23.4 Å². The lowest BCUT2D eigenvalue weighted by Gasteiger charge is -2.14. The Morgan fingerprint density at radius 3 is 2.50 bits per heavy atom. The summed E-state index contributed by atoms with van der Waals surface area (Å²) >= 11 is 0. The van der Waals surface area contributed by atoms with Gasteiger partial charge >= 0.3 is 0 Å². The van der Waals surface area contributed by atoms with Gasteiger partial charge in [0.1, 0.15) is 5.75 Å². The third kappa shape index (κ3) is 5.12. The Labute approximate surface area is 145 Å². The average Bonchev–Trinajstić information content (AvgIpc) is 2.55. The lowest BCUT2D eigenvalue weighted by atomic mass is 10.0. The molecule has 0 saturated carbocycles. The molecule has 2 aromatic rings. The fourth-order valence-corrected chi connectivity index (χ4v) is 2.45. The molecule has 1 N–H and O–H groups in total. The number of carbonyl (C=O) groups excluding carboxylic acids is 1. The van der Waals surface area contributed by atoms with Gasteiger partial charge in [0.15, 0.2) is 0 Å². The molecule has 3 nitrogen and oxygen atoms in total. The molecule has 0 unspecified atom stereocenters. The first-order valence-electron chi connectivity index (χ1n) is 8.60. The van der Waals surface area contributed by atoms with Crippen molar-refractivity contribution in [2.24, 2.45) is 5.92 Å². The smallest absolute Gasteiger partial charge is 0.255 e. The Kier molecular flexibility index (Phi) is 6.42. The molecule has 2 aromatic carbocycles. The standard InChI is InChI=1S/C21H27NO2/c1-15(2)12-13-24-18-9-7-8-17(14-18)21(23)22-20-11-6-5-10-19(20)16(3)4/h5-11,14-16H,12-13H2,1-4H3,(H,22,23). The van der Waals surface area contributed by atoms with E-state index in [9.17, 15) is 4.79 Å². The number of rotatable bonds is 7. The highest BCUT2D eigenvalue weighted by Crippen LogP contribution is 2.24. The number of carbonyl (C=O) groups is 1. The van der Waals surface area contributed by atoms with Crippen LogP contribution in [0.25, 0.3) is 0 Å². The first-order chi connectivity index (χ1) is 11.5. The van der Waals surface area contributed by atoms with Gasteiger partial charge in [-0.05, 0) is 48.1 Å². The minimum absolute atomic E-state index is 0.114. The molecule has 0 radical (unpaired) electrons. The van der Waals surface area contributed by atoms with Crippen molar-refractivity contribution in [3.8, 4) is 5.75 Å². The van der Waals surface area contributed by atoms with Crippen molar-refractivity contribution in [3.05, 3.63) is 59.7 Å². The quantitative estimate of drug-likeness (QED) is 0.731. The highest BCUT2D eigenvalue weighted by molar-refractivity contribution is 6.04. The van der Waals surface area contributed by atoms with E-state index < -0.39 is 0 Å². The minimum Gasteiger partial charge on any atom is -0.494 e. The predicted molar refractivity (Wildman–Crippen MR) is 99.9 cm³/mol. The summed E-state index contributed by atoms with van der Waals surface area (Å²) in [5.41, 5.74) is 2.61. The number of anilines is 1. The van der Waals surface area contributed by atoms with Crippen LogP contribution in [0.4, 0.5) is 5.69 Å². The number of benzene rings is 2. The Balaban J connectivity index is 2.08. The fraction of sp³-hybridized carbons (Fsp3) is 0.381. The number of nitrogens with one attached hydrogen (secondary N) is 1. The van der Waals surface area contributed by atoms with Gasteiger partial charge in [0.25, 0.3) is 5.91 Å². The highest BCUT2D eigenvalue weighted by atomic mass is 16.5. The van der Waals surface area contributed by atoms with Crippen LogP contribution in [0.1, 0.15) is 56.0 Å². The van der Waals surface area contributed by atoms with Gasteiger partial charge in [0.05, 0.1) is 6.61 Å². The van der Waals surface area contributed by atoms with Crippen molar-refractivity contribution in [2.75, 3.05) is 11.9 Å². The van der Waals surface area contributed by atoms with Crippen LogP contribution in [-0.2, 0) is 0 Å². The Hall–Kier alpha value is -2.29. The second kappa shape index (κ2) is 8.53. The number of ether oxygens (including phenoxy) is 1. The predicted octanol–water partition coefficient (Wildman–Crippen LogP) is 5.49. The molecule has 0 heterocycles. The van der Waals surface area contributed by atoms with Crippen LogP contribution in [0, 0.1) is 5.92 Å². The van der Waals surface area contributed by atoms with Gasteiger partial charge in [-0.3, -0.25) is 4.79 Å². The van der Waals surface area contributed by atoms with Crippen molar-refractivity contribution in [2.45, 2.75) is 40.0 Å². The summed E-state index contributed by atoms with van der Waals surface area (Å²) in [5.74, 6) is 1.58. The maximum atomic E-state index is 12.6. The monoisotopic (exact) mass is 325 g/mol. The lowest BCUT2D eigenvalue weighted by Crippen LogP contribution is -2.14. The molecular weight excluding hydrogens is 298 g/mol. The topological polar surface area (TPSA) is 38.3 Å². The maximum Gasteiger partial charge on any atom is 0.255 e. The van der Waals surface area contributed by atoms with Crippen LogP contribution in [0.5, 0.6) is 5.75 Å². The normalized spacial score (nSPS) is 10.9. The van der Waals surface area contributed by atoms with E-state index in [0.29, 0.717) is 24.0 Å². The second-order valence-electron chi connectivity index (χ2n) is 6.75. The van der Waals surface area contributed by atoms with Gasteiger partial charge in [-0.1, -0.05) is 52.0 Å². The number of hydrogen-bond acceptors (Lipinski definition) is 2. The zero-order valence-corrected chi connectivity index (χ0v) is 15.0. The summed E-state index contributed by atoms with van der Waals surface area (Å²) in [6.07, 6.45) is 0.998. The van der Waals surface area contributed by atoms with E-state index in [1.165, 1.54) is 0 Å². The van der Waals surface area contributed by atoms with Gasteiger partial charge in [0, 0.05) is 11.3 Å². The maximum absolute atomic E-state index is 12.6. The molecule has 0 aliphatic carbocycles. The van der Waals surface area contributed by atoms with Gasteiger partial charge in [-0.2, -0.15) is 0 Å². The zero-order chi connectivity index (χ0) is 17.5. The van der Waals surface area contributed by atoms with E-state index in [1.807, 2.05) is 42.5 Å². The number of amides is 1. The van der Waals surface area contributed by atoms with Gasteiger partial charge in [0.2, 0.25) is 0 Å². The lowest BCUT2D eigenvalue weighted by molar-refractivity contribution is 0.102. The van der Waals surface area contributed by atoms with Crippen molar-refractivity contribution >= 4 is 11.6 Å². The Morgan fingerprint density at radius 2 is 1.79 bits per heavy atom. The Bertz CT molecular complexity index is 677. The molecule has 0 saturated heterocycles. The zero-order valence-electron chi connectivity index (χ0n) is 15.0. The van der Waals surface area contributed by atoms with E-state index in [2.05, 4.69) is 33.0 Å². The second-order valence-corrected chi connectivity index (χ2v) is 6.75. The summed E-state index contributed by atoms with van der Waals surface area (Å²) in [6, 6.07) is 15.3. The average molecular weight is 325 g/mol. The van der Waals surface area contributed by atoms with E-state index in [-0.39, 0.29) is 5.91 Å². The summed E-state index contributed by atoms with van der Waals surface area (Å²) in [6.45, 7) is 9.24. The molecule has 0 fully saturated rings. The molecular formula is C21H27NO2. The van der Waals surface area contributed by atoms with Crippen LogP contribution in [-0.4, -0.2) is 12.5 Å².